The van der Waals surface area contributed by atoms with Crippen LogP contribution in [0.3, 0.4) is 0 Å². The number of aliphatic hydroxyl groups is 1. The Balaban J connectivity index is 2.16. The van der Waals surface area contributed by atoms with Crippen molar-refractivity contribution >= 4 is 11.6 Å². The minimum absolute atomic E-state index is 0.116. The molecule has 0 spiro atoms. The summed E-state index contributed by atoms with van der Waals surface area (Å²) in [5, 5.41) is 9.64. The van der Waals surface area contributed by atoms with Crippen LogP contribution in [0.4, 0.5) is 13.2 Å². The molecule has 3 unspecified atom stereocenters. The van der Waals surface area contributed by atoms with E-state index < -0.39 is 53.1 Å². The standard InChI is InChI=1S/C18H22ClF3O3/c1-5-6-11-12(18(11,2)3)17(23)25-8-9-13(19)14(20)10(7-24-4)16(22)15(9)21/h5-6,11-12,17,23H,7-8H2,1-4H3. The highest BCUT2D eigenvalue weighted by molar-refractivity contribution is 6.31. The van der Waals surface area contributed by atoms with E-state index in [2.05, 4.69) is 4.74 Å². The summed E-state index contributed by atoms with van der Waals surface area (Å²) < 4.78 is 52.2. The minimum Gasteiger partial charge on any atom is -0.380 e. The van der Waals surface area contributed by atoms with Crippen molar-refractivity contribution in [1.29, 1.82) is 0 Å². The summed E-state index contributed by atoms with van der Waals surface area (Å²) in [6, 6.07) is 0. The van der Waals surface area contributed by atoms with E-state index in [1.165, 1.54) is 7.11 Å². The quantitative estimate of drug-likeness (QED) is 0.428. The fourth-order valence-corrected chi connectivity index (χ4v) is 3.48. The van der Waals surface area contributed by atoms with Crippen LogP contribution in [0.25, 0.3) is 0 Å². The van der Waals surface area contributed by atoms with Crippen molar-refractivity contribution in [1.82, 2.24) is 0 Å². The maximum Gasteiger partial charge on any atom is 0.167 e. The molecule has 1 N–H and O–H groups in total. The summed E-state index contributed by atoms with van der Waals surface area (Å²) in [7, 11) is 1.23. The number of halogens is 4. The summed E-state index contributed by atoms with van der Waals surface area (Å²) in [4.78, 5) is 0. The molecule has 0 saturated heterocycles. The van der Waals surface area contributed by atoms with Crippen LogP contribution < -0.4 is 0 Å². The summed E-state index contributed by atoms with van der Waals surface area (Å²) in [5.41, 5.74) is -1.21. The molecule has 0 radical (unpaired) electrons. The van der Waals surface area contributed by atoms with E-state index in [-0.39, 0.29) is 17.3 Å². The number of allylic oxidation sites excluding steroid dienone is 2. The van der Waals surface area contributed by atoms with Crippen molar-refractivity contribution in [3.8, 4) is 0 Å². The van der Waals surface area contributed by atoms with Crippen molar-refractivity contribution in [3.63, 3.8) is 0 Å². The molecule has 140 valence electrons. The van der Waals surface area contributed by atoms with Gasteiger partial charge in [0.1, 0.15) is 0 Å². The first kappa shape index (κ1) is 20.2. The molecule has 25 heavy (non-hydrogen) atoms. The number of aliphatic hydroxyl groups excluding tert-OH is 1. The Morgan fingerprint density at radius 2 is 1.76 bits per heavy atom. The average molecular weight is 379 g/mol. The van der Waals surface area contributed by atoms with E-state index in [0.29, 0.717) is 0 Å². The predicted molar refractivity (Wildman–Crippen MR) is 88.4 cm³/mol. The Bertz CT molecular complexity index is 647. The maximum absolute atomic E-state index is 14.2. The highest BCUT2D eigenvalue weighted by Crippen LogP contribution is 2.60. The monoisotopic (exact) mass is 378 g/mol. The predicted octanol–water partition coefficient (Wildman–Crippen LogP) is 4.59. The molecule has 1 aliphatic carbocycles. The molecule has 1 saturated carbocycles. The Hall–Kier alpha value is -1.08. The first-order valence-corrected chi connectivity index (χ1v) is 8.31. The molecule has 3 atom stereocenters. The zero-order valence-corrected chi connectivity index (χ0v) is 15.3. The fraction of sp³-hybridized carbons (Fsp3) is 0.556. The van der Waals surface area contributed by atoms with Gasteiger partial charge in [0, 0.05) is 18.6 Å². The Morgan fingerprint density at radius 3 is 2.32 bits per heavy atom. The van der Waals surface area contributed by atoms with E-state index in [4.69, 9.17) is 16.3 Å². The number of benzene rings is 1. The van der Waals surface area contributed by atoms with Gasteiger partial charge in [0.2, 0.25) is 0 Å². The molecule has 1 fully saturated rings. The number of ether oxygens (including phenoxy) is 2. The second-order valence-corrected chi connectivity index (χ2v) is 7.12. The van der Waals surface area contributed by atoms with Crippen molar-refractivity contribution in [2.75, 3.05) is 7.11 Å². The summed E-state index contributed by atoms with van der Waals surface area (Å²) in [5.74, 6) is -3.83. The molecular weight excluding hydrogens is 357 g/mol. The number of methoxy groups -OCH3 is 1. The highest BCUT2D eigenvalue weighted by atomic mass is 35.5. The molecule has 1 aliphatic rings. The molecule has 0 bridgehead atoms. The lowest BCUT2D eigenvalue weighted by Gasteiger charge is -2.16. The Morgan fingerprint density at radius 1 is 1.16 bits per heavy atom. The SMILES string of the molecule is CC=CC1C(C(O)OCc2c(F)c(F)c(COC)c(F)c2Cl)C1(C)C. The third-order valence-corrected chi connectivity index (χ3v) is 5.23. The second kappa shape index (κ2) is 7.66. The Kier molecular flexibility index (Phi) is 6.20. The molecule has 0 heterocycles. The lowest BCUT2D eigenvalue weighted by molar-refractivity contribution is -0.128. The van der Waals surface area contributed by atoms with Crippen LogP contribution in [0.5, 0.6) is 0 Å². The minimum atomic E-state index is -1.37. The van der Waals surface area contributed by atoms with Gasteiger partial charge >= 0.3 is 0 Å². The van der Waals surface area contributed by atoms with Gasteiger partial charge in [-0.05, 0) is 18.3 Å². The van der Waals surface area contributed by atoms with E-state index in [1.807, 2.05) is 32.9 Å². The zero-order valence-electron chi connectivity index (χ0n) is 14.6. The third kappa shape index (κ3) is 3.72. The van der Waals surface area contributed by atoms with Gasteiger partial charge in [-0.25, -0.2) is 13.2 Å². The number of hydrogen-bond acceptors (Lipinski definition) is 3. The molecular formula is C18H22ClF3O3. The van der Waals surface area contributed by atoms with Gasteiger partial charge < -0.3 is 14.6 Å². The van der Waals surface area contributed by atoms with Crippen LogP contribution >= 0.6 is 11.6 Å². The van der Waals surface area contributed by atoms with Crippen molar-refractivity contribution in [3.05, 3.63) is 45.8 Å². The molecule has 3 nitrogen and oxygen atoms in total. The van der Waals surface area contributed by atoms with E-state index in [0.717, 1.165) is 0 Å². The molecule has 2 rings (SSSR count). The average Bonchev–Trinajstić information content (AvgIpc) is 3.10. The van der Waals surface area contributed by atoms with Crippen LogP contribution in [-0.4, -0.2) is 18.5 Å². The van der Waals surface area contributed by atoms with Crippen LogP contribution in [0, 0.1) is 34.7 Å². The normalized spacial score (nSPS) is 23.2. The molecule has 7 heteroatoms. The fourth-order valence-electron chi connectivity index (χ4n) is 3.23. The first-order valence-electron chi connectivity index (χ1n) is 7.93. The van der Waals surface area contributed by atoms with Crippen molar-refractivity contribution < 1.29 is 27.8 Å². The summed E-state index contributed by atoms with van der Waals surface area (Å²) in [6.45, 7) is 4.84. The van der Waals surface area contributed by atoms with Crippen molar-refractivity contribution in [2.45, 2.75) is 40.3 Å². The second-order valence-electron chi connectivity index (χ2n) is 6.75. The van der Waals surface area contributed by atoms with Crippen LogP contribution in [-0.2, 0) is 22.7 Å². The van der Waals surface area contributed by atoms with E-state index in [1.54, 1.807) is 0 Å². The van der Waals surface area contributed by atoms with Crippen molar-refractivity contribution in [2.24, 2.45) is 17.3 Å². The largest absolute Gasteiger partial charge is 0.380 e. The van der Waals surface area contributed by atoms with Gasteiger partial charge in [-0.1, -0.05) is 37.6 Å². The van der Waals surface area contributed by atoms with Crippen LogP contribution in [0.15, 0.2) is 12.2 Å². The lowest BCUT2D eigenvalue weighted by Crippen LogP contribution is -2.19. The molecule has 0 amide bonds. The van der Waals surface area contributed by atoms with Gasteiger partial charge in [-0.15, -0.1) is 0 Å². The Labute approximate surface area is 150 Å². The molecule has 0 aromatic heterocycles. The lowest BCUT2D eigenvalue weighted by atomic mass is 10.1. The third-order valence-electron chi connectivity index (χ3n) is 4.84. The topological polar surface area (TPSA) is 38.7 Å². The van der Waals surface area contributed by atoms with Gasteiger partial charge in [0.15, 0.2) is 23.7 Å². The van der Waals surface area contributed by atoms with Gasteiger partial charge in [-0.2, -0.15) is 0 Å². The summed E-state index contributed by atoms with van der Waals surface area (Å²) in [6.07, 6.45) is 2.65. The number of hydrogen-bond donors (Lipinski definition) is 1. The van der Waals surface area contributed by atoms with E-state index >= 15 is 0 Å². The smallest absolute Gasteiger partial charge is 0.167 e. The molecule has 0 aliphatic heterocycles. The molecule has 1 aromatic rings. The summed E-state index contributed by atoms with van der Waals surface area (Å²) >= 11 is 5.81. The highest BCUT2D eigenvalue weighted by Gasteiger charge is 2.59. The van der Waals surface area contributed by atoms with E-state index in [9.17, 15) is 18.3 Å². The maximum atomic E-state index is 14.2. The molecule has 1 aromatic carbocycles. The first-order chi connectivity index (χ1) is 11.7. The number of rotatable bonds is 7. The zero-order chi connectivity index (χ0) is 18.9. The van der Waals surface area contributed by atoms with Gasteiger partial charge in [0.25, 0.3) is 0 Å². The van der Waals surface area contributed by atoms with Crippen LogP contribution in [0.2, 0.25) is 5.02 Å². The van der Waals surface area contributed by atoms with Crippen LogP contribution in [0.1, 0.15) is 31.9 Å². The van der Waals surface area contributed by atoms with Gasteiger partial charge in [0.05, 0.1) is 23.8 Å². The van der Waals surface area contributed by atoms with Gasteiger partial charge in [-0.3, -0.25) is 0 Å².